The number of hydrogen-bond acceptors (Lipinski definition) is 7. The molecular weight excluding hydrogens is 514 g/mol. The molecule has 9 nitrogen and oxygen atoms in total. The lowest BCUT2D eigenvalue weighted by Crippen LogP contribution is -2.43. The summed E-state index contributed by atoms with van der Waals surface area (Å²) < 4.78 is 32.9. The molecule has 3 aliphatic rings. The van der Waals surface area contributed by atoms with Crippen molar-refractivity contribution in [1.82, 2.24) is 14.9 Å². The Morgan fingerprint density at radius 1 is 1.03 bits per heavy atom. The molecule has 39 heavy (non-hydrogen) atoms. The summed E-state index contributed by atoms with van der Waals surface area (Å²) in [5, 5.41) is 0.957. The maximum atomic E-state index is 13.2. The SMILES string of the molecule is CN1C(=O)C2(CCC2)c2c1cnc1ccc(-c3cnc(OCCCN4CCCCC4)c(NS(C)(=O)=O)c3)cc21. The lowest BCUT2D eigenvalue weighted by Gasteiger charge is -2.37. The van der Waals surface area contributed by atoms with Crippen LogP contribution in [0.25, 0.3) is 22.0 Å². The van der Waals surface area contributed by atoms with Crippen LogP contribution in [0, 0.1) is 0 Å². The van der Waals surface area contributed by atoms with E-state index in [1.807, 2.05) is 25.2 Å². The van der Waals surface area contributed by atoms with Gasteiger partial charge in [0, 0.05) is 36.3 Å². The van der Waals surface area contributed by atoms with E-state index in [4.69, 9.17) is 4.74 Å². The molecule has 6 rings (SSSR count). The minimum Gasteiger partial charge on any atom is -0.476 e. The van der Waals surface area contributed by atoms with Gasteiger partial charge in [0.1, 0.15) is 5.69 Å². The molecule has 0 atom stereocenters. The highest BCUT2D eigenvalue weighted by Gasteiger charge is 2.54. The summed E-state index contributed by atoms with van der Waals surface area (Å²) in [5.41, 5.74) is 4.24. The normalized spacial score (nSPS) is 18.8. The van der Waals surface area contributed by atoms with E-state index in [1.54, 1.807) is 23.4 Å². The number of likely N-dealkylation sites (N-methyl/N-ethyl adjacent to an activating group) is 1. The van der Waals surface area contributed by atoms with Crippen molar-refractivity contribution < 1.29 is 17.9 Å². The molecule has 1 amide bonds. The Bertz CT molecular complexity index is 1530. The number of pyridine rings is 2. The molecule has 1 aromatic carbocycles. The fraction of sp³-hybridized carbons (Fsp3) is 0.483. The van der Waals surface area contributed by atoms with Gasteiger partial charge in [0.05, 0.1) is 35.7 Å². The molecule has 2 fully saturated rings. The molecule has 1 N–H and O–H groups in total. The number of carbonyl (C=O) groups is 1. The summed E-state index contributed by atoms with van der Waals surface area (Å²) in [7, 11) is -1.72. The Labute approximate surface area is 229 Å². The number of sulfonamides is 1. The number of carbonyl (C=O) groups excluding carboxylic acids is 1. The zero-order valence-electron chi connectivity index (χ0n) is 22.6. The third-order valence-corrected chi connectivity index (χ3v) is 8.99. The van der Waals surface area contributed by atoms with Crippen molar-refractivity contribution in [3.8, 4) is 17.0 Å². The van der Waals surface area contributed by atoms with Gasteiger partial charge in [-0.2, -0.15) is 0 Å². The summed E-state index contributed by atoms with van der Waals surface area (Å²) in [6.45, 7) is 3.67. The predicted molar refractivity (Wildman–Crippen MR) is 153 cm³/mol. The average Bonchev–Trinajstić information content (AvgIpc) is 3.14. The summed E-state index contributed by atoms with van der Waals surface area (Å²) in [6.07, 6.45) is 12.0. The number of nitrogens with one attached hydrogen (secondary N) is 1. The number of hydrogen-bond donors (Lipinski definition) is 1. The van der Waals surface area contributed by atoms with Crippen LogP contribution in [-0.4, -0.2) is 68.7 Å². The first-order valence-corrected chi connectivity index (χ1v) is 15.7. The van der Waals surface area contributed by atoms with Crippen LogP contribution in [0.5, 0.6) is 5.88 Å². The quantitative estimate of drug-likeness (QED) is 0.417. The van der Waals surface area contributed by atoms with Crippen molar-refractivity contribution in [2.24, 2.45) is 0 Å². The fourth-order valence-electron chi connectivity index (χ4n) is 6.29. The molecule has 2 aromatic heterocycles. The third kappa shape index (κ3) is 4.84. The Morgan fingerprint density at radius 2 is 1.82 bits per heavy atom. The van der Waals surface area contributed by atoms with Gasteiger partial charge in [0.15, 0.2) is 0 Å². The lowest BCUT2D eigenvalue weighted by atomic mass is 9.64. The van der Waals surface area contributed by atoms with E-state index in [9.17, 15) is 13.2 Å². The van der Waals surface area contributed by atoms with Crippen LogP contribution in [0.3, 0.4) is 0 Å². The zero-order chi connectivity index (χ0) is 27.2. The van der Waals surface area contributed by atoms with Crippen LogP contribution in [0.4, 0.5) is 11.4 Å². The minimum absolute atomic E-state index is 0.145. The van der Waals surface area contributed by atoms with Crippen LogP contribution in [0.1, 0.15) is 50.5 Å². The van der Waals surface area contributed by atoms with Gasteiger partial charge in [-0.05, 0) is 69.0 Å². The van der Waals surface area contributed by atoms with Gasteiger partial charge in [-0.1, -0.05) is 18.9 Å². The van der Waals surface area contributed by atoms with E-state index in [1.165, 1.54) is 19.3 Å². The molecular formula is C29H35N5O4S. The standard InChI is InChI=1S/C29H35N5O4S/c1-33-25-19-30-23-9-8-20(16-22(23)26(25)29(28(33)35)10-6-11-29)21-17-24(32-39(2,36)37)27(31-18-21)38-15-7-14-34-12-4-3-5-13-34/h8-9,16-19,32H,3-7,10-15H2,1-2H3. The fourth-order valence-corrected chi connectivity index (χ4v) is 6.83. The number of aromatic nitrogens is 2. The van der Waals surface area contributed by atoms with Gasteiger partial charge in [0.25, 0.3) is 0 Å². The molecule has 1 aliphatic carbocycles. The van der Waals surface area contributed by atoms with E-state index in [-0.39, 0.29) is 11.8 Å². The van der Waals surface area contributed by atoms with Crippen molar-refractivity contribution in [2.75, 3.05) is 49.2 Å². The third-order valence-electron chi connectivity index (χ3n) is 8.39. The van der Waals surface area contributed by atoms with Crippen molar-refractivity contribution in [3.05, 3.63) is 42.2 Å². The molecule has 1 saturated heterocycles. The van der Waals surface area contributed by atoms with E-state index in [2.05, 4.69) is 19.6 Å². The van der Waals surface area contributed by atoms with Crippen molar-refractivity contribution >= 4 is 38.2 Å². The van der Waals surface area contributed by atoms with E-state index in [0.29, 0.717) is 12.3 Å². The van der Waals surface area contributed by atoms with E-state index in [0.717, 1.165) is 84.9 Å². The maximum Gasteiger partial charge on any atom is 0.238 e. The number of likely N-dealkylation sites (tertiary alicyclic amines) is 1. The molecule has 1 spiro atoms. The van der Waals surface area contributed by atoms with Crippen LogP contribution >= 0.6 is 0 Å². The first kappa shape index (κ1) is 26.0. The number of benzene rings is 1. The Kier molecular flexibility index (Phi) is 6.71. The number of nitrogens with zero attached hydrogens (tertiary/aromatic N) is 4. The molecule has 3 aromatic rings. The van der Waals surface area contributed by atoms with Crippen LogP contribution in [0.2, 0.25) is 0 Å². The second kappa shape index (κ2) is 10.1. The van der Waals surface area contributed by atoms with Gasteiger partial charge in [-0.15, -0.1) is 0 Å². The topological polar surface area (TPSA) is 105 Å². The van der Waals surface area contributed by atoms with E-state index >= 15 is 0 Å². The smallest absolute Gasteiger partial charge is 0.238 e. The zero-order valence-corrected chi connectivity index (χ0v) is 23.4. The van der Waals surface area contributed by atoms with Crippen molar-refractivity contribution in [3.63, 3.8) is 0 Å². The molecule has 0 unspecified atom stereocenters. The molecule has 4 heterocycles. The van der Waals surface area contributed by atoms with Crippen LogP contribution in [0.15, 0.2) is 36.7 Å². The van der Waals surface area contributed by atoms with Gasteiger partial charge in [-0.25, -0.2) is 13.4 Å². The Balaban J connectivity index is 1.30. The summed E-state index contributed by atoms with van der Waals surface area (Å²) in [5.74, 6) is 0.415. The average molecular weight is 550 g/mol. The Hall–Kier alpha value is -3.24. The summed E-state index contributed by atoms with van der Waals surface area (Å²) in [6, 6.07) is 7.72. The van der Waals surface area contributed by atoms with Crippen molar-refractivity contribution in [2.45, 2.75) is 50.4 Å². The van der Waals surface area contributed by atoms with Crippen molar-refractivity contribution in [1.29, 1.82) is 0 Å². The number of piperidine rings is 1. The highest BCUT2D eigenvalue weighted by atomic mass is 32.2. The highest BCUT2D eigenvalue weighted by Crippen LogP contribution is 2.55. The van der Waals surface area contributed by atoms with Gasteiger partial charge in [-0.3, -0.25) is 14.5 Å². The molecule has 1 saturated carbocycles. The highest BCUT2D eigenvalue weighted by molar-refractivity contribution is 7.92. The molecule has 206 valence electrons. The number of anilines is 2. The van der Waals surface area contributed by atoms with Gasteiger partial charge >= 0.3 is 0 Å². The maximum absolute atomic E-state index is 13.2. The second-order valence-corrected chi connectivity index (χ2v) is 12.9. The lowest BCUT2D eigenvalue weighted by molar-refractivity contribution is -0.125. The first-order valence-electron chi connectivity index (χ1n) is 13.8. The number of ether oxygens (including phenoxy) is 1. The first-order chi connectivity index (χ1) is 18.7. The molecule has 0 radical (unpaired) electrons. The minimum atomic E-state index is -3.54. The number of fused-ring (bicyclic) bond motifs is 4. The summed E-state index contributed by atoms with van der Waals surface area (Å²) >= 11 is 0. The van der Waals surface area contributed by atoms with Gasteiger partial charge < -0.3 is 14.5 Å². The number of rotatable bonds is 8. The predicted octanol–water partition coefficient (Wildman–Crippen LogP) is 4.32. The van der Waals surface area contributed by atoms with Gasteiger partial charge in [0.2, 0.25) is 21.8 Å². The Morgan fingerprint density at radius 3 is 2.54 bits per heavy atom. The van der Waals surface area contributed by atoms with Crippen LogP contribution < -0.4 is 14.4 Å². The number of amides is 1. The molecule has 2 aliphatic heterocycles. The second-order valence-electron chi connectivity index (χ2n) is 11.1. The molecule has 0 bridgehead atoms. The summed E-state index contributed by atoms with van der Waals surface area (Å²) in [4.78, 5) is 26.5. The van der Waals surface area contributed by atoms with Crippen LogP contribution in [-0.2, 0) is 20.2 Å². The monoisotopic (exact) mass is 549 g/mol. The largest absolute Gasteiger partial charge is 0.476 e. The van der Waals surface area contributed by atoms with E-state index < -0.39 is 15.4 Å². The molecule has 10 heteroatoms.